The molecule has 12 heteroatoms. The van der Waals surface area contributed by atoms with Crippen molar-refractivity contribution in [3.63, 3.8) is 0 Å². The van der Waals surface area contributed by atoms with Crippen LogP contribution in [0.3, 0.4) is 0 Å². The quantitative estimate of drug-likeness (QED) is 0.163. The van der Waals surface area contributed by atoms with Gasteiger partial charge in [0.15, 0.2) is 0 Å². The van der Waals surface area contributed by atoms with Gasteiger partial charge in [-0.1, -0.05) is 5.69 Å². The van der Waals surface area contributed by atoms with Crippen LogP contribution in [0.1, 0.15) is 0 Å². The Labute approximate surface area is 157 Å². The number of anilines is 2. The van der Waals surface area contributed by atoms with Crippen molar-refractivity contribution >= 4 is 27.9 Å². The maximum atomic E-state index is 10.4. The van der Waals surface area contributed by atoms with Crippen molar-refractivity contribution in [1.82, 2.24) is 0 Å². The molecule has 0 heterocycles. The Balaban J connectivity index is -0.000000429. The Morgan fingerprint density at radius 1 is 1.40 bits per heavy atom. The van der Waals surface area contributed by atoms with E-state index in [1.165, 1.54) is 6.07 Å². The summed E-state index contributed by atoms with van der Waals surface area (Å²) in [7, 11) is -2.94. The third kappa shape index (κ3) is 12.4. The minimum atomic E-state index is -4.56. The van der Waals surface area contributed by atoms with Gasteiger partial charge >= 0.3 is 67.9 Å². The van der Waals surface area contributed by atoms with Gasteiger partial charge in [0.2, 0.25) is 0 Å². The first-order valence-corrected chi connectivity index (χ1v) is 5.60. The molecule has 20 heavy (non-hydrogen) atoms. The third-order valence-corrected chi connectivity index (χ3v) is 1.78. The molecule has 10 nitrogen and oxygen atoms in total. The smallest absolute Gasteiger partial charge is 0.450 e. The van der Waals surface area contributed by atoms with Crippen LogP contribution >= 0.6 is 0 Å². The minimum Gasteiger partial charge on any atom is -0.450 e. The number of benzene rings is 1. The van der Waals surface area contributed by atoms with Crippen molar-refractivity contribution in [3.8, 4) is 5.75 Å². The number of carbonyl (C=O) groups is 1. The van der Waals surface area contributed by atoms with Gasteiger partial charge in [-0.05, 0) is 5.69 Å². The van der Waals surface area contributed by atoms with Crippen LogP contribution in [-0.2, 0) is 10.4 Å². The monoisotopic (exact) mass is 336 g/mol. The SMILES string of the molecule is CNc1[c-]c(OS(=O)(=O)O)c(N)cc1.O.O=C(O)O.[K+]. The molecule has 0 fully saturated rings. The number of carboxylic acid groups (broad SMARTS) is 2. The molecule has 0 saturated heterocycles. The molecular weight excluding hydrogens is 323 g/mol. The fraction of sp³-hybridized carbons (Fsp3) is 0.125. The topological polar surface area (TPSA) is 191 Å². The summed E-state index contributed by atoms with van der Waals surface area (Å²) in [5.74, 6) is -0.237. The summed E-state index contributed by atoms with van der Waals surface area (Å²) in [5, 5.41) is 16.7. The molecule has 0 radical (unpaired) electrons. The van der Waals surface area contributed by atoms with Crippen molar-refractivity contribution in [1.29, 1.82) is 0 Å². The Hall–Kier alpha value is -0.604. The molecule has 0 unspecified atom stereocenters. The number of rotatable bonds is 3. The van der Waals surface area contributed by atoms with Gasteiger partial charge in [0.05, 0.1) is 5.75 Å². The largest absolute Gasteiger partial charge is 1.00 e. The van der Waals surface area contributed by atoms with Crippen LogP contribution in [0.15, 0.2) is 12.1 Å². The molecule has 0 saturated carbocycles. The molecule has 110 valence electrons. The standard InChI is InChI=1S/C7H9N2O4S.CH2O3.K.H2O/c1-9-5-2-3-6(8)7(4-5)13-14(10,11)12;2-1(3)4;;/h2-3,9H,8H2,1H3,(H,10,11,12);(H2,2,3,4);;1H2/q-1;;+1;. The Kier molecular flexibility index (Phi) is 13.6. The van der Waals surface area contributed by atoms with Gasteiger partial charge in [-0.15, -0.1) is 18.2 Å². The molecule has 0 atom stereocenters. The second-order valence-electron chi connectivity index (χ2n) is 2.70. The Morgan fingerprint density at radius 2 is 1.85 bits per heavy atom. The first-order chi connectivity index (χ1) is 8.15. The van der Waals surface area contributed by atoms with Crippen LogP contribution in [0.4, 0.5) is 16.2 Å². The van der Waals surface area contributed by atoms with E-state index in [1.54, 1.807) is 13.1 Å². The average molecular weight is 336 g/mol. The second-order valence-corrected chi connectivity index (χ2v) is 3.72. The molecule has 0 aliphatic heterocycles. The van der Waals surface area contributed by atoms with Crippen LogP contribution in [0.25, 0.3) is 0 Å². The Morgan fingerprint density at radius 3 is 2.20 bits per heavy atom. The molecule has 1 aromatic rings. The predicted molar refractivity (Wildman–Crippen MR) is 65.7 cm³/mol. The number of nitrogens with one attached hydrogen (secondary N) is 1. The maximum absolute atomic E-state index is 10.4. The zero-order valence-electron chi connectivity index (χ0n) is 10.6. The van der Waals surface area contributed by atoms with E-state index in [9.17, 15) is 8.42 Å². The summed E-state index contributed by atoms with van der Waals surface area (Å²) < 4.78 is 33.4. The van der Waals surface area contributed by atoms with Gasteiger partial charge in [0.1, 0.15) is 0 Å². The molecule has 0 amide bonds. The number of nitrogen functional groups attached to an aromatic ring is 1. The van der Waals surface area contributed by atoms with Crippen LogP contribution in [-0.4, -0.2) is 41.9 Å². The van der Waals surface area contributed by atoms with Gasteiger partial charge in [-0.2, -0.15) is 8.42 Å². The van der Waals surface area contributed by atoms with Gasteiger partial charge in [-0.25, -0.2) is 4.79 Å². The summed E-state index contributed by atoms with van der Waals surface area (Å²) in [6.07, 6.45) is -1.83. The van der Waals surface area contributed by atoms with E-state index in [0.29, 0.717) is 5.69 Å². The summed E-state index contributed by atoms with van der Waals surface area (Å²) in [4.78, 5) is 8.56. The van der Waals surface area contributed by atoms with E-state index in [2.05, 4.69) is 15.6 Å². The van der Waals surface area contributed by atoms with Crippen molar-refractivity contribution in [2.75, 3.05) is 18.1 Å². The van der Waals surface area contributed by atoms with Crippen molar-refractivity contribution in [3.05, 3.63) is 18.2 Å². The molecule has 0 spiro atoms. The molecular formula is C8H13KN2O8S. The summed E-state index contributed by atoms with van der Waals surface area (Å²) in [5.41, 5.74) is 5.96. The second kappa shape index (κ2) is 11.1. The van der Waals surface area contributed by atoms with Crippen LogP contribution in [0.5, 0.6) is 5.75 Å². The summed E-state index contributed by atoms with van der Waals surface area (Å²) >= 11 is 0. The van der Waals surface area contributed by atoms with Gasteiger partial charge < -0.3 is 30.9 Å². The summed E-state index contributed by atoms with van der Waals surface area (Å²) in [6.45, 7) is 0. The fourth-order valence-corrected chi connectivity index (χ4v) is 1.15. The normalized spacial score (nSPS) is 8.90. The first-order valence-electron chi connectivity index (χ1n) is 4.24. The van der Waals surface area contributed by atoms with Crippen molar-refractivity contribution in [2.24, 2.45) is 0 Å². The van der Waals surface area contributed by atoms with Gasteiger partial charge in [-0.3, -0.25) is 4.55 Å². The number of hydrogen-bond acceptors (Lipinski definition) is 6. The third-order valence-electron chi connectivity index (χ3n) is 1.40. The minimum absolute atomic E-state index is 0. The average Bonchev–Trinajstić information content (AvgIpc) is 2.18. The van der Waals surface area contributed by atoms with Crippen LogP contribution < -0.4 is 66.6 Å². The Bertz CT molecular complexity index is 517. The van der Waals surface area contributed by atoms with E-state index >= 15 is 0 Å². The van der Waals surface area contributed by atoms with Crippen molar-refractivity contribution in [2.45, 2.75) is 0 Å². The van der Waals surface area contributed by atoms with E-state index in [-0.39, 0.29) is 68.3 Å². The van der Waals surface area contributed by atoms with E-state index in [0.717, 1.165) is 0 Å². The van der Waals surface area contributed by atoms with E-state index in [1.807, 2.05) is 0 Å². The van der Waals surface area contributed by atoms with E-state index in [4.69, 9.17) is 25.3 Å². The van der Waals surface area contributed by atoms with Crippen molar-refractivity contribution < 1.29 is 89.0 Å². The van der Waals surface area contributed by atoms with E-state index < -0.39 is 16.6 Å². The molecule has 0 bridgehead atoms. The molecule has 0 aliphatic carbocycles. The molecule has 8 N–H and O–H groups in total. The number of nitrogens with two attached hydrogens (primary N) is 1. The fourth-order valence-electron chi connectivity index (χ4n) is 0.805. The van der Waals surface area contributed by atoms with Crippen LogP contribution in [0, 0.1) is 6.07 Å². The molecule has 0 aliphatic rings. The van der Waals surface area contributed by atoms with Crippen LogP contribution in [0.2, 0.25) is 0 Å². The summed E-state index contributed by atoms with van der Waals surface area (Å²) in [6, 6.07) is 5.54. The molecule has 1 aromatic carbocycles. The zero-order chi connectivity index (χ0) is 14.3. The zero-order valence-corrected chi connectivity index (χ0v) is 14.6. The maximum Gasteiger partial charge on any atom is 1.00 e. The van der Waals surface area contributed by atoms with Gasteiger partial charge in [0.25, 0.3) is 0 Å². The van der Waals surface area contributed by atoms with Gasteiger partial charge in [0, 0.05) is 7.05 Å². The molecule has 0 aromatic heterocycles. The number of hydrogen-bond donors (Lipinski definition) is 5. The first kappa shape index (κ1) is 24.4. The molecule has 1 rings (SSSR count). The predicted octanol–water partition coefficient (Wildman–Crippen LogP) is -3.31.